The van der Waals surface area contributed by atoms with Gasteiger partial charge < -0.3 is 9.84 Å². The van der Waals surface area contributed by atoms with E-state index in [-0.39, 0.29) is 23.3 Å². The lowest BCUT2D eigenvalue weighted by molar-refractivity contribution is 0.283. The summed E-state index contributed by atoms with van der Waals surface area (Å²) in [5, 5.41) is 6.87. The lowest BCUT2D eigenvalue weighted by Crippen LogP contribution is -2.52. The first-order valence-electron chi connectivity index (χ1n) is 5.60. The molecule has 1 atom stereocenters. The highest BCUT2D eigenvalue weighted by atomic mass is 35.5. The van der Waals surface area contributed by atoms with Crippen molar-refractivity contribution < 1.29 is 12.9 Å². The standard InChI is InChI=1S/C10H17N3O3S.ClH/c1-7-6-11-4-5-13(7)17(14,15)10-8(2)12-16-9(10)3;/h7,11H,4-6H2,1-3H3;1H/t7-;/m0./s1. The largest absolute Gasteiger partial charge is 0.360 e. The van der Waals surface area contributed by atoms with Crippen LogP contribution in [0.1, 0.15) is 18.4 Å². The molecule has 18 heavy (non-hydrogen) atoms. The molecule has 6 nitrogen and oxygen atoms in total. The molecule has 0 amide bonds. The Bertz CT molecular complexity index is 495. The van der Waals surface area contributed by atoms with Crippen molar-refractivity contribution in [3.8, 4) is 0 Å². The average Bonchev–Trinajstić information content (AvgIpc) is 2.59. The Morgan fingerprint density at radius 1 is 1.44 bits per heavy atom. The number of hydrogen-bond acceptors (Lipinski definition) is 5. The summed E-state index contributed by atoms with van der Waals surface area (Å²) in [6.07, 6.45) is 0. The van der Waals surface area contributed by atoms with Crippen LogP contribution < -0.4 is 5.32 Å². The highest BCUT2D eigenvalue weighted by molar-refractivity contribution is 7.89. The number of nitrogens with one attached hydrogen (secondary N) is 1. The zero-order valence-corrected chi connectivity index (χ0v) is 12.3. The molecule has 1 N–H and O–H groups in total. The van der Waals surface area contributed by atoms with Gasteiger partial charge in [-0.2, -0.15) is 4.31 Å². The van der Waals surface area contributed by atoms with Gasteiger partial charge in [0.2, 0.25) is 10.0 Å². The molecule has 0 radical (unpaired) electrons. The Morgan fingerprint density at radius 3 is 2.61 bits per heavy atom. The van der Waals surface area contributed by atoms with Crippen LogP contribution in [0, 0.1) is 13.8 Å². The predicted molar refractivity (Wildman–Crippen MR) is 69.4 cm³/mol. The topological polar surface area (TPSA) is 75.4 Å². The molecule has 1 aromatic rings. The maximum absolute atomic E-state index is 12.5. The fourth-order valence-corrected chi connectivity index (χ4v) is 4.07. The molecule has 0 aliphatic carbocycles. The smallest absolute Gasteiger partial charge is 0.248 e. The summed E-state index contributed by atoms with van der Waals surface area (Å²) in [5.41, 5.74) is 0.424. The van der Waals surface area contributed by atoms with Gasteiger partial charge in [-0.3, -0.25) is 0 Å². The molecule has 1 saturated heterocycles. The molecule has 8 heteroatoms. The summed E-state index contributed by atoms with van der Waals surface area (Å²) < 4.78 is 31.4. The third kappa shape index (κ3) is 2.54. The van der Waals surface area contributed by atoms with Crippen molar-refractivity contribution in [1.82, 2.24) is 14.8 Å². The number of nitrogens with zero attached hydrogens (tertiary/aromatic N) is 2. The molecule has 1 fully saturated rings. The zero-order valence-electron chi connectivity index (χ0n) is 10.6. The van der Waals surface area contributed by atoms with Crippen molar-refractivity contribution >= 4 is 22.4 Å². The second-order valence-electron chi connectivity index (χ2n) is 4.32. The van der Waals surface area contributed by atoms with Crippen molar-refractivity contribution in [1.29, 1.82) is 0 Å². The second kappa shape index (κ2) is 5.56. The van der Waals surface area contributed by atoms with Gasteiger partial charge in [0.05, 0.1) is 0 Å². The Kier molecular flexibility index (Phi) is 4.77. The predicted octanol–water partition coefficient (Wildman–Crippen LogP) is 0.696. The van der Waals surface area contributed by atoms with Crippen molar-refractivity contribution in [2.75, 3.05) is 19.6 Å². The van der Waals surface area contributed by atoms with E-state index in [9.17, 15) is 8.42 Å². The minimum atomic E-state index is -3.49. The Morgan fingerprint density at radius 2 is 2.11 bits per heavy atom. The minimum absolute atomic E-state index is 0. The number of piperazine rings is 1. The summed E-state index contributed by atoms with van der Waals surface area (Å²) in [7, 11) is -3.49. The summed E-state index contributed by atoms with van der Waals surface area (Å²) in [6.45, 7) is 6.99. The van der Waals surface area contributed by atoms with Crippen LogP contribution in [0.3, 0.4) is 0 Å². The number of halogens is 1. The summed E-state index contributed by atoms with van der Waals surface area (Å²) in [4.78, 5) is 0.214. The lowest BCUT2D eigenvalue weighted by atomic mass is 10.3. The quantitative estimate of drug-likeness (QED) is 0.869. The molecule has 0 saturated carbocycles. The van der Waals surface area contributed by atoms with E-state index in [1.807, 2.05) is 6.92 Å². The van der Waals surface area contributed by atoms with Crippen LogP contribution in [0.2, 0.25) is 0 Å². The van der Waals surface area contributed by atoms with Crippen LogP contribution in [-0.2, 0) is 10.0 Å². The molecule has 0 unspecified atom stereocenters. The van der Waals surface area contributed by atoms with Gasteiger partial charge in [0.1, 0.15) is 10.6 Å². The van der Waals surface area contributed by atoms with Gasteiger partial charge in [-0.05, 0) is 20.8 Å². The monoisotopic (exact) mass is 295 g/mol. The van der Waals surface area contributed by atoms with E-state index in [2.05, 4.69) is 10.5 Å². The van der Waals surface area contributed by atoms with Gasteiger partial charge in [-0.25, -0.2) is 8.42 Å². The van der Waals surface area contributed by atoms with E-state index in [0.29, 0.717) is 31.1 Å². The fourth-order valence-electron chi connectivity index (χ4n) is 2.14. The van der Waals surface area contributed by atoms with Gasteiger partial charge >= 0.3 is 0 Å². The third-order valence-electron chi connectivity index (χ3n) is 2.97. The van der Waals surface area contributed by atoms with Gasteiger partial charge in [0, 0.05) is 25.7 Å². The summed E-state index contributed by atoms with van der Waals surface area (Å²) in [5.74, 6) is 0.355. The van der Waals surface area contributed by atoms with E-state index >= 15 is 0 Å². The molecule has 104 valence electrons. The first-order valence-corrected chi connectivity index (χ1v) is 7.04. The lowest BCUT2D eigenvalue weighted by Gasteiger charge is -2.32. The van der Waals surface area contributed by atoms with Crippen LogP contribution in [0.25, 0.3) is 0 Å². The maximum Gasteiger partial charge on any atom is 0.248 e. The molecule has 0 aromatic carbocycles. The Hall–Kier alpha value is -0.630. The van der Waals surface area contributed by atoms with Crippen LogP contribution >= 0.6 is 12.4 Å². The Labute approximate surface area is 113 Å². The summed E-state index contributed by atoms with van der Waals surface area (Å²) in [6, 6.07) is -0.0533. The highest BCUT2D eigenvalue weighted by Crippen LogP contribution is 2.25. The number of sulfonamides is 1. The molecule has 0 spiro atoms. The molecule has 1 aliphatic heterocycles. The number of hydrogen-bond donors (Lipinski definition) is 1. The van der Waals surface area contributed by atoms with E-state index < -0.39 is 10.0 Å². The van der Waals surface area contributed by atoms with Crippen LogP contribution in [0.4, 0.5) is 0 Å². The molecule has 2 heterocycles. The second-order valence-corrected chi connectivity index (χ2v) is 6.15. The fraction of sp³-hybridized carbons (Fsp3) is 0.700. The van der Waals surface area contributed by atoms with E-state index in [4.69, 9.17) is 4.52 Å². The third-order valence-corrected chi connectivity index (χ3v) is 5.23. The van der Waals surface area contributed by atoms with E-state index in [1.54, 1.807) is 13.8 Å². The van der Waals surface area contributed by atoms with Gasteiger partial charge in [0.15, 0.2) is 5.76 Å². The number of rotatable bonds is 2. The molecule has 1 aliphatic rings. The van der Waals surface area contributed by atoms with Crippen LogP contribution in [-0.4, -0.2) is 43.6 Å². The van der Waals surface area contributed by atoms with Gasteiger partial charge in [0.25, 0.3) is 0 Å². The van der Waals surface area contributed by atoms with Crippen molar-refractivity contribution in [2.24, 2.45) is 0 Å². The number of aromatic nitrogens is 1. The zero-order chi connectivity index (χ0) is 12.6. The van der Waals surface area contributed by atoms with E-state index in [1.165, 1.54) is 4.31 Å². The average molecular weight is 296 g/mol. The minimum Gasteiger partial charge on any atom is -0.360 e. The SMILES string of the molecule is Cc1noc(C)c1S(=O)(=O)N1CCNC[C@@H]1C.Cl. The molecule has 2 rings (SSSR count). The van der Waals surface area contributed by atoms with Gasteiger partial charge in [-0.1, -0.05) is 5.16 Å². The van der Waals surface area contributed by atoms with Crippen molar-refractivity contribution in [3.05, 3.63) is 11.5 Å². The molecule has 0 bridgehead atoms. The molecule has 1 aromatic heterocycles. The summed E-state index contributed by atoms with van der Waals surface area (Å²) >= 11 is 0. The normalized spacial score (nSPS) is 21.6. The van der Waals surface area contributed by atoms with Crippen molar-refractivity contribution in [2.45, 2.75) is 31.7 Å². The first kappa shape index (κ1) is 15.4. The van der Waals surface area contributed by atoms with Crippen LogP contribution in [0.15, 0.2) is 9.42 Å². The van der Waals surface area contributed by atoms with Crippen molar-refractivity contribution in [3.63, 3.8) is 0 Å². The molecular weight excluding hydrogens is 278 g/mol. The molecular formula is C10H18ClN3O3S. The van der Waals surface area contributed by atoms with Gasteiger partial charge in [-0.15, -0.1) is 12.4 Å². The van der Waals surface area contributed by atoms with E-state index in [0.717, 1.165) is 0 Å². The van der Waals surface area contributed by atoms with Crippen LogP contribution in [0.5, 0.6) is 0 Å². The Balaban J connectivity index is 0.00000162. The number of aryl methyl sites for hydroxylation is 2. The highest BCUT2D eigenvalue weighted by Gasteiger charge is 2.35. The first-order chi connectivity index (χ1) is 7.94. The maximum atomic E-state index is 12.5.